The summed E-state index contributed by atoms with van der Waals surface area (Å²) in [5.41, 5.74) is 4.61. The second-order valence-corrected chi connectivity index (χ2v) is 6.89. The largest absolute Gasteiger partial charge is 0.326 e. The van der Waals surface area contributed by atoms with Gasteiger partial charge in [0, 0.05) is 36.6 Å². The molecule has 1 aromatic carbocycles. The van der Waals surface area contributed by atoms with E-state index in [-0.39, 0.29) is 17.9 Å². The first-order chi connectivity index (χ1) is 12.6. The summed E-state index contributed by atoms with van der Waals surface area (Å²) in [5.74, 6) is -0.0992. The third kappa shape index (κ3) is 3.14. The first-order valence-electron chi connectivity index (χ1n) is 9.08. The summed E-state index contributed by atoms with van der Waals surface area (Å²) in [7, 11) is 0. The highest BCUT2D eigenvalue weighted by Crippen LogP contribution is 2.22. The molecule has 0 radical (unpaired) electrons. The van der Waals surface area contributed by atoms with Gasteiger partial charge in [0.25, 0.3) is 5.56 Å². The Morgan fingerprint density at radius 3 is 2.92 bits per heavy atom. The van der Waals surface area contributed by atoms with Gasteiger partial charge in [-0.05, 0) is 50.3 Å². The maximum atomic E-state index is 12.8. The molecule has 1 amide bonds. The lowest BCUT2D eigenvalue weighted by Gasteiger charge is -2.10. The summed E-state index contributed by atoms with van der Waals surface area (Å²) in [6.07, 6.45) is 7.86. The van der Waals surface area contributed by atoms with Gasteiger partial charge in [0.05, 0.1) is 5.69 Å². The van der Waals surface area contributed by atoms with Gasteiger partial charge in [-0.3, -0.25) is 9.59 Å². The van der Waals surface area contributed by atoms with Crippen molar-refractivity contribution in [2.24, 2.45) is 0 Å². The van der Waals surface area contributed by atoms with Crippen LogP contribution in [0.15, 0.2) is 41.5 Å². The molecule has 0 fully saturated rings. The normalized spacial score (nSPS) is 13.6. The lowest BCUT2D eigenvalue weighted by atomic mass is 9.97. The third-order valence-electron chi connectivity index (χ3n) is 4.91. The first-order valence-corrected chi connectivity index (χ1v) is 9.08. The van der Waals surface area contributed by atoms with Gasteiger partial charge in [-0.15, -0.1) is 0 Å². The summed E-state index contributed by atoms with van der Waals surface area (Å²) in [6, 6.07) is 7.68. The van der Waals surface area contributed by atoms with Crippen LogP contribution in [0.3, 0.4) is 0 Å². The van der Waals surface area contributed by atoms with E-state index in [4.69, 9.17) is 0 Å². The number of carbonyl (C=O) groups excluding carboxylic acids is 1. The van der Waals surface area contributed by atoms with Crippen LogP contribution in [0.5, 0.6) is 0 Å². The van der Waals surface area contributed by atoms with Crippen molar-refractivity contribution in [2.75, 3.05) is 5.32 Å². The molecular weight excluding hydrogens is 328 g/mol. The van der Waals surface area contributed by atoms with E-state index in [0.29, 0.717) is 12.1 Å². The fraction of sp³-hybridized carbons (Fsp3) is 0.350. The topological polar surface area (TPSA) is 68.4 Å². The number of aryl methyl sites for hydroxylation is 4. The molecule has 2 aromatic heterocycles. The first kappa shape index (κ1) is 16.6. The van der Waals surface area contributed by atoms with E-state index < -0.39 is 0 Å². The quantitative estimate of drug-likeness (QED) is 0.787. The summed E-state index contributed by atoms with van der Waals surface area (Å²) in [4.78, 5) is 25.1. The Hall–Kier alpha value is -2.89. The number of aromatic nitrogens is 3. The molecule has 0 unspecified atom stereocenters. The molecule has 6 nitrogen and oxygen atoms in total. The molecule has 1 N–H and O–H groups in total. The van der Waals surface area contributed by atoms with Gasteiger partial charge in [0.1, 0.15) is 5.52 Å². The van der Waals surface area contributed by atoms with Crippen LogP contribution < -0.4 is 10.9 Å². The van der Waals surface area contributed by atoms with E-state index >= 15 is 0 Å². The molecule has 0 bridgehead atoms. The fourth-order valence-electron chi connectivity index (χ4n) is 3.60. The number of anilines is 1. The molecule has 4 rings (SSSR count). The summed E-state index contributed by atoms with van der Waals surface area (Å²) in [5, 5.41) is 7.42. The number of rotatable bonds is 4. The van der Waals surface area contributed by atoms with Gasteiger partial charge in [0.2, 0.25) is 5.91 Å². The predicted molar refractivity (Wildman–Crippen MR) is 101 cm³/mol. The molecule has 3 aromatic rings. The molecule has 134 valence electrons. The van der Waals surface area contributed by atoms with Gasteiger partial charge < -0.3 is 9.88 Å². The van der Waals surface area contributed by atoms with E-state index in [1.165, 1.54) is 0 Å². The average molecular weight is 350 g/mol. The molecule has 6 heteroatoms. The number of amides is 1. The lowest BCUT2D eigenvalue weighted by molar-refractivity contribution is -0.116. The second kappa shape index (κ2) is 6.78. The Morgan fingerprint density at radius 2 is 2.08 bits per heavy atom. The van der Waals surface area contributed by atoms with Crippen molar-refractivity contribution in [1.29, 1.82) is 0 Å². The summed E-state index contributed by atoms with van der Waals surface area (Å²) < 4.78 is 3.31. The van der Waals surface area contributed by atoms with Crippen molar-refractivity contribution < 1.29 is 4.79 Å². The van der Waals surface area contributed by atoms with Gasteiger partial charge in [-0.2, -0.15) is 5.10 Å². The molecule has 1 aliphatic rings. The summed E-state index contributed by atoms with van der Waals surface area (Å²) >= 11 is 0. The van der Waals surface area contributed by atoms with Crippen LogP contribution in [0.25, 0.3) is 5.52 Å². The molecule has 1 aliphatic carbocycles. The van der Waals surface area contributed by atoms with Crippen molar-refractivity contribution in [3.05, 3.63) is 63.8 Å². The molecule has 0 aliphatic heterocycles. The minimum absolute atomic E-state index is 0.0634. The number of hydrogen-bond donors (Lipinski definition) is 1. The van der Waals surface area contributed by atoms with Crippen molar-refractivity contribution in [3.8, 4) is 0 Å². The molecule has 26 heavy (non-hydrogen) atoms. The zero-order valence-electron chi connectivity index (χ0n) is 14.9. The highest BCUT2D eigenvalue weighted by atomic mass is 16.2. The number of nitrogens with zero attached hydrogens (tertiary/aromatic N) is 3. The standard InChI is InChI=1S/C20H22N4O2/c1-14-5-4-6-15(13-14)21-18(25)9-10-23-11-12-24-19(20(23)26)16-7-2-3-8-17(16)22-24/h4-6,11-13H,2-3,7-10H2,1H3,(H,21,25). The van der Waals surface area contributed by atoms with E-state index in [0.717, 1.165) is 48.2 Å². The van der Waals surface area contributed by atoms with Crippen LogP contribution in [0, 0.1) is 6.92 Å². The Balaban J connectivity index is 1.51. The summed E-state index contributed by atoms with van der Waals surface area (Å²) in [6.45, 7) is 2.34. The maximum Gasteiger partial charge on any atom is 0.276 e. The lowest BCUT2D eigenvalue weighted by Crippen LogP contribution is -2.24. The molecule has 0 atom stereocenters. The van der Waals surface area contributed by atoms with Crippen LogP contribution in [0.1, 0.15) is 36.1 Å². The highest BCUT2D eigenvalue weighted by Gasteiger charge is 2.19. The Bertz CT molecular complexity index is 1030. The zero-order valence-corrected chi connectivity index (χ0v) is 14.9. The van der Waals surface area contributed by atoms with Crippen molar-refractivity contribution in [1.82, 2.24) is 14.2 Å². The molecule has 0 spiro atoms. The van der Waals surface area contributed by atoms with Crippen molar-refractivity contribution in [2.45, 2.75) is 45.6 Å². The van der Waals surface area contributed by atoms with Crippen molar-refractivity contribution in [3.63, 3.8) is 0 Å². The molecule has 2 heterocycles. The monoisotopic (exact) mass is 350 g/mol. The maximum absolute atomic E-state index is 12.8. The smallest absolute Gasteiger partial charge is 0.276 e. The number of nitrogens with one attached hydrogen (secondary N) is 1. The number of hydrogen-bond acceptors (Lipinski definition) is 3. The van der Waals surface area contributed by atoms with Gasteiger partial charge in [-0.25, -0.2) is 4.52 Å². The van der Waals surface area contributed by atoms with Crippen LogP contribution in [-0.4, -0.2) is 20.1 Å². The average Bonchev–Trinajstić information content (AvgIpc) is 3.00. The van der Waals surface area contributed by atoms with Crippen molar-refractivity contribution >= 4 is 17.1 Å². The van der Waals surface area contributed by atoms with E-state index in [1.807, 2.05) is 37.4 Å². The van der Waals surface area contributed by atoms with E-state index in [2.05, 4.69) is 10.4 Å². The number of benzene rings is 1. The molecule has 0 saturated carbocycles. The minimum Gasteiger partial charge on any atom is -0.326 e. The molecule has 0 saturated heterocycles. The number of fused-ring (bicyclic) bond motifs is 3. The van der Waals surface area contributed by atoms with Crippen LogP contribution in [0.2, 0.25) is 0 Å². The Kier molecular flexibility index (Phi) is 4.32. The zero-order chi connectivity index (χ0) is 18.1. The molecular formula is C20H22N4O2. The third-order valence-corrected chi connectivity index (χ3v) is 4.91. The van der Waals surface area contributed by atoms with Crippen LogP contribution in [-0.2, 0) is 24.2 Å². The minimum atomic E-state index is -0.0992. The van der Waals surface area contributed by atoms with Gasteiger partial charge >= 0.3 is 0 Å². The number of carbonyl (C=O) groups is 1. The highest BCUT2D eigenvalue weighted by molar-refractivity contribution is 5.90. The fourth-order valence-corrected chi connectivity index (χ4v) is 3.60. The van der Waals surface area contributed by atoms with E-state index in [1.54, 1.807) is 15.3 Å². The Morgan fingerprint density at radius 1 is 1.23 bits per heavy atom. The van der Waals surface area contributed by atoms with Gasteiger partial charge in [-0.1, -0.05) is 12.1 Å². The Labute approximate surface area is 151 Å². The predicted octanol–water partition coefficient (Wildman–Crippen LogP) is 2.71. The van der Waals surface area contributed by atoms with Crippen LogP contribution >= 0.6 is 0 Å². The van der Waals surface area contributed by atoms with Gasteiger partial charge in [0.15, 0.2) is 0 Å². The SMILES string of the molecule is Cc1cccc(NC(=O)CCn2ccn3nc4c(c3c2=O)CCCC4)c1. The second-order valence-electron chi connectivity index (χ2n) is 6.89. The van der Waals surface area contributed by atoms with Crippen LogP contribution in [0.4, 0.5) is 5.69 Å². The van der Waals surface area contributed by atoms with E-state index in [9.17, 15) is 9.59 Å².